The SMILES string of the molecule is O=C(Nc1ccc(Cl)cc1C(F)(F)F)c1ccc(Cl)c([N+](=O)[O-])c1. The van der Waals surface area contributed by atoms with Crippen LogP contribution in [-0.2, 0) is 6.18 Å². The summed E-state index contributed by atoms with van der Waals surface area (Å²) in [4.78, 5) is 22.1. The molecule has 0 fully saturated rings. The van der Waals surface area contributed by atoms with Crippen molar-refractivity contribution < 1.29 is 22.9 Å². The Hall–Kier alpha value is -2.32. The van der Waals surface area contributed by atoms with Crippen LogP contribution in [0.25, 0.3) is 0 Å². The lowest BCUT2D eigenvalue weighted by Crippen LogP contribution is -2.16. The number of nitro groups is 1. The van der Waals surface area contributed by atoms with E-state index in [9.17, 15) is 28.1 Å². The second kappa shape index (κ2) is 6.66. The number of benzene rings is 2. The summed E-state index contributed by atoms with van der Waals surface area (Å²) in [6, 6.07) is 5.99. The van der Waals surface area contributed by atoms with E-state index in [1.165, 1.54) is 6.07 Å². The monoisotopic (exact) mass is 378 g/mol. The summed E-state index contributed by atoms with van der Waals surface area (Å²) in [7, 11) is 0. The number of hydrogen-bond acceptors (Lipinski definition) is 3. The third kappa shape index (κ3) is 3.95. The average Bonchev–Trinajstić information content (AvgIpc) is 2.48. The molecular weight excluding hydrogens is 372 g/mol. The highest BCUT2D eigenvalue weighted by Crippen LogP contribution is 2.36. The Morgan fingerprint density at radius 1 is 1.12 bits per heavy atom. The Kier molecular flexibility index (Phi) is 5.00. The van der Waals surface area contributed by atoms with Gasteiger partial charge in [-0.25, -0.2) is 0 Å². The van der Waals surface area contributed by atoms with Crippen molar-refractivity contribution in [2.24, 2.45) is 0 Å². The number of halogens is 5. The van der Waals surface area contributed by atoms with Crippen molar-refractivity contribution in [3.8, 4) is 0 Å². The molecule has 10 heteroatoms. The molecule has 0 saturated heterocycles. The maximum absolute atomic E-state index is 13.0. The predicted octanol–water partition coefficient (Wildman–Crippen LogP) is 5.17. The Labute approximate surface area is 143 Å². The first-order chi connectivity index (χ1) is 11.1. The van der Waals surface area contributed by atoms with Gasteiger partial charge >= 0.3 is 6.18 Å². The van der Waals surface area contributed by atoms with Crippen LogP contribution >= 0.6 is 23.2 Å². The van der Waals surface area contributed by atoms with Crippen LogP contribution in [0, 0.1) is 10.1 Å². The van der Waals surface area contributed by atoms with Crippen LogP contribution in [-0.4, -0.2) is 10.8 Å². The maximum atomic E-state index is 13.0. The fourth-order valence-corrected chi connectivity index (χ4v) is 2.21. The van der Waals surface area contributed by atoms with Gasteiger partial charge in [-0.3, -0.25) is 14.9 Å². The van der Waals surface area contributed by atoms with Crippen molar-refractivity contribution in [2.75, 3.05) is 5.32 Å². The Bertz CT molecular complexity index is 825. The van der Waals surface area contributed by atoms with Crippen LogP contribution in [0.5, 0.6) is 0 Å². The molecule has 1 N–H and O–H groups in total. The zero-order valence-corrected chi connectivity index (χ0v) is 13.0. The van der Waals surface area contributed by atoms with Crippen LogP contribution < -0.4 is 5.32 Å². The summed E-state index contributed by atoms with van der Waals surface area (Å²) in [5.74, 6) is -0.956. The first-order valence-corrected chi connectivity index (χ1v) is 6.97. The number of nitrogens with one attached hydrogen (secondary N) is 1. The van der Waals surface area contributed by atoms with Gasteiger partial charge in [-0.1, -0.05) is 23.2 Å². The summed E-state index contributed by atoms with van der Waals surface area (Å²) in [5.41, 5.74) is -2.40. The highest BCUT2D eigenvalue weighted by molar-refractivity contribution is 6.32. The Morgan fingerprint density at radius 3 is 2.38 bits per heavy atom. The third-order valence-corrected chi connectivity index (χ3v) is 3.49. The number of anilines is 1. The molecule has 0 radical (unpaired) electrons. The molecule has 1 amide bonds. The molecule has 0 atom stereocenters. The molecular formula is C14H7Cl2F3N2O3. The van der Waals surface area contributed by atoms with Crippen LogP contribution in [0.2, 0.25) is 10.0 Å². The van der Waals surface area contributed by atoms with E-state index in [-0.39, 0.29) is 15.6 Å². The van der Waals surface area contributed by atoms with Crippen molar-refractivity contribution in [1.82, 2.24) is 0 Å². The largest absolute Gasteiger partial charge is 0.418 e. The fraction of sp³-hybridized carbons (Fsp3) is 0.0714. The molecule has 0 heterocycles. The van der Waals surface area contributed by atoms with Gasteiger partial charge in [0.25, 0.3) is 11.6 Å². The highest BCUT2D eigenvalue weighted by Gasteiger charge is 2.34. The molecule has 0 aromatic heterocycles. The average molecular weight is 379 g/mol. The third-order valence-electron chi connectivity index (χ3n) is 2.94. The molecule has 24 heavy (non-hydrogen) atoms. The van der Waals surface area contributed by atoms with E-state index in [2.05, 4.69) is 5.32 Å². The number of nitrogens with zero attached hydrogens (tertiary/aromatic N) is 1. The quantitative estimate of drug-likeness (QED) is 0.591. The van der Waals surface area contributed by atoms with Crippen molar-refractivity contribution in [1.29, 1.82) is 0 Å². The lowest BCUT2D eigenvalue weighted by atomic mass is 10.1. The normalized spacial score (nSPS) is 11.2. The van der Waals surface area contributed by atoms with Gasteiger partial charge in [-0.15, -0.1) is 0 Å². The van der Waals surface area contributed by atoms with Gasteiger partial charge in [0, 0.05) is 16.7 Å². The van der Waals surface area contributed by atoms with E-state index in [1.54, 1.807) is 0 Å². The van der Waals surface area contributed by atoms with Crippen LogP contribution in [0.4, 0.5) is 24.5 Å². The molecule has 0 spiro atoms. The smallest absolute Gasteiger partial charge is 0.321 e. The van der Waals surface area contributed by atoms with Crippen LogP contribution in [0.15, 0.2) is 36.4 Å². The van der Waals surface area contributed by atoms with Crippen LogP contribution in [0.3, 0.4) is 0 Å². The second-order valence-electron chi connectivity index (χ2n) is 4.57. The van der Waals surface area contributed by atoms with Crippen molar-refractivity contribution in [3.05, 3.63) is 67.7 Å². The topological polar surface area (TPSA) is 72.2 Å². The molecule has 0 bridgehead atoms. The minimum absolute atomic E-state index is 0.151. The zero-order valence-electron chi connectivity index (χ0n) is 11.5. The zero-order chi connectivity index (χ0) is 18.1. The van der Waals surface area contributed by atoms with E-state index >= 15 is 0 Å². The Balaban J connectivity index is 2.38. The highest BCUT2D eigenvalue weighted by atomic mass is 35.5. The van der Waals surface area contributed by atoms with Gasteiger partial charge in [0.1, 0.15) is 5.02 Å². The number of alkyl halides is 3. The van der Waals surface area contributed by atoms with Gasteiger partial charge in [0.15, 0.2) is 0 Å². The van der Waals surface area contributed by atoms with Gasteiger partial charge < -0.3 is 5.32 Å². The molecule has 0 aliphatic heterocycles. The number of hydrogen-bond donors (Lipinski definition) is 1. The second-order valence-corrected chi connectivity index (χ2v) is 5.41. The molecule has 2 aromatic carbocycles. The number of carbonyl (C=O) groups is 1. The Morgan fingerprint density at radius 2 is 1.79 bits per heavy atom. The molecule has 2 rings (SSSR count). The molecule has 5 nitrogen and oxygen atoms in total. The lowest BCUT2D eigenvalue weighted by molar-refractivity contribution is -0.384. The number of rotatable bonds is 3. The van der Waals surface area contributed by atoms with E-state index in [0.717, 1.165) is 24.3 Å². The molecule has 0 aliphatic rings. The van der Waals surface area contributed by atoms with E-state index in [4.69, 9.17) is 23.2 Å². The minimum Gasteiger partial charge on any atom is -0.321 e. The first-order valence-electron chi connectivity index (χ1n) is 6.21. The number of nitro benzene ring substituents is 1. The van der Waals surface area contributed by atoms with Gasteiger partial charge in [0.2, 0.25) is 0 Å². The number of carbonyl (C=O) groups excluding carboxylic acids is 1. The summed E-state index contributed by atoms with van der Waals surface area (Å²) < 4.78 is 39.0. The molecule has 126 valence electrons. The number of amides is 1. The van der Waals surface area contributed by atoms with Crippen molar-refractivity contribution >= 4 is 40.5 Å². The predicted molar refractivity (Wildman–Crippen MR) is 82.5 cm³/mol. The van der Waals surface area contributed by atoms with Crippen molar-refractivity contribution in [2.45, 2.75) is 6.18 Å². The fourth-order valence-electron chi connectivity index (χ4n) is 1.85. The molecule has 0 saturated carbocycles. The first kappa shape index (κ1) is 18.0. The van der Waals surface area contributed by atoms with E-state index < -0.39 is 33.9 Å². The summed E-state index contributed by atoms with van der Waals surface area (Å²) in [5, 5.41) is 12.5. The van der Waals surface area contributed by atoms with Gasteiger partial charge in [-0.2, -0.15) is 13.2 Å². The van der Waals surface area contributed by atoms with Gasteiger partial charge in [0.05, 0.1) is 16.2 Å². The summed E-state index contributed by atoms with van der Waals surface area (Å²) >= 11 is 11.2. The molecule has 0 unspecified atom stereocenters. The summed E-state index contributed by atoms with van der Waals surface area (Å²) in [6.45, 7) is 0. The minimum atomic E-state index is -4.74. The van der Waals surface area contributed by atoms with Gasteiger partial charge in [-0.05, 0) is 30.3 Å². The van der Waals surface area contributed by atoms with Crippen LogP contribution in [0.1, 0.15) is 15.9 Å². The standard InChI is InChI=1S/C14H7Cl2F3N2O3/c15-8-2-4-11(9(6-8)14(17,18)19)20-13(22)7-1-3-10(16)12(5-7)21(23)24/h1-6H,(H,20,22). The summed E-state index contributed by atoms with van der Waals surface area (Å²) in [6.07, 6.45) is -4.74. The van der Waals surface area contributed by atoms with E-state index in [0.29, 0.717) is 6.07 Å². The maximum Gasteiger partial charge on any atom is 0.418 e. The lowest BCUT2D eigenvalue weighted by Gasteiger charge is -2.14. The molecule has 0 aliphatic carbocycles. The molecule has 2 aromatic rings. The van der Waals surface area contributed by atoms with Crippen molar-refractivity contribution in [3.63, 3.8) is 0 Å². The van der Waals surface area contributed by atoms with E-state index in [1.807, 2.05) is 0 Å².